The third kappa shape index (κ3) is 4.84. The van der Waals surface area contributed by atoms with Gasteiger partial charge in [-0.15, -0.1) is 0 Å². The summed E-state index contributed by atoms with van der Waals surface area (Å²) in [6.45, 7) is 3.25. The van der Waals surface area contributed by atoms with E-state index in [0.717, 1.165) is 18.2 Å². The van der Waals surface area contributed by atoms with Crippen molar-refractivity contribution >= 4 is 23.2 Å². The Morgan fingerprint density at radius 3 is 2.20 bits per heavy atom. The van der Waals surface area contributed by atoms with Crippen LogP contribution in [0.15, 0.2) is 61.2 Å². The number of alkyl halides is 3. The summed E-state index contributed by atoms with van der Waals surface area (Å²) < 4.78 is 37.7. The number of anilines is 2. The predicted molar refractivity (Wildman–Crippen MR) is 87.0 cm³/mol. The molecule has 0 saturated carbocycles. The lowest BCUT2D eigenvalue weighted by Gasteiger charge is -2.13. The van der Waals surface area contributed by atoms with Crippen molar-refractivity contribution in [3.05, 3.63) is 72.3 Å². The fraction of sp³-hybridized carbons (Fsp3) is 0.0588. The van der Waals surface area contributed by atoms with Crippen molar-refractivity contribution in [3.8, 4) is 0 Å². The van der Waals surface area contributed by atoms with Crippen LogP contribution in [-0.4, -0.2) is 11.8 Å². The number of hydrazine groups is 1. The van der Waals surface area contributed by atoms with Crippen LogP contribution in [0, 0.1) is 0 Å². The van der Waals surface area contributed by atoms with Gasteiger partial charge in [0.2, 0.25) is 0 Å². The van der Waals surface area contributed by atoms with Crippen LogP contribution in [0.4, 0.5) is 24.5 Å². The number of rotatable bonds is 4. The first-order valence-electron chi connectivity index (χ1n) is 7.07. The van der Waals surface area contributed by atoms with Crippen LogP contribution in [-0.2, 0) is 11.0 Å². The summed E-state index contributed by atoms with van der Waals surface area (Å²) in [4.78, 5) is 23.2. The molecule has 0 aliphatic heterocycles. The summed E-state index contributed by atoms with van der Waals surface area (Å²) in [5.41, 5.74) is 4.52. The fourth-order valence-corrected chi connectivity index (χ4v) is 1.92. The summed E-state index contributed by atoms with van der Waals surface area (Å²) in [6.07, 6.45) is -3.42. The summed E-state index contributed by atoms with van der Waals surface area (Å²) in [5, 5.41) is 2.87. The first-order chi connectivity index (χ1) is 11.8. The van der Waals surface area contributed by atoms with Gasteiger partial charge in [0.1, 0.15) is 0 Å². The highest BCUT2D eigenvalue weighted by molar-refractivity contribution is 6.01. The highest BCUT2D eigenvalue weighted by Gasteiger charge is 2.29. The van der Waals surface area contributed by atoms with E-state index in [0.29, 0.717) is 11.4 Å². The number of nitrogens with one attached hydrogen (secondary N) is 3. The normalized spacial score (nSPS) is 10.7. The number of carbonyl (C=O) groups is 2. The molecule has 2 aromatic rings. The van der Waals surface area contributed by atoms with Gasteiger partial charge in [-0.1, -0.05) is 18.7 Å². The third-order valence-electron chi connectivity index (χ3n) is 3.15. The van der Waals surface area contributed by atoms with Crippen LogP contribution in [0.1, 0.15) is 15.9 Å². The Morgan fingerprint density at radius 1 is 0.960 bits per heavy atom. The maximum atomic E-state index is 12.6. The maximum Gasteiger partial charge on any atom is 0.416 e. The largest absolute Gasteiger partial charge is 0.416 e. The molecular weight excluding hydrogens is 335 g/mol. The Bertz CT molecular complexity index is 786. The van der Waals surface area contributed by atoms with E-state index in [1.165, 1.54) is 18.2 Å². The molecule has 0 atom stereocenters. The van der Waals surface area contributed by atoms with Gasteiger partial charge in [-0.05, 0) is 42.5 Å². The van der Waals surface area contributed by atoms with Gasteiger partial charge in [0.15, 0.2) is 0 Å². The van der Waals surface area contributed by atoms with Crippen molar-refractivity contribution in [2.75, 3.05) is 5.32 Å². The van der Waals surface area contributed by atoms with Crippen molar-refractivity contribution in [1.29, 1.82) is 0 Å². The number of para-hydroxylation sites is 1. The second-order valence-electron chi connectivity index (χ2n) is 4.89. The molecule has 0 aliphatic carbocycles. The number of amides is 2. The highest BCUT2D eigenvalue weighted by Crippen LogP contribution is 2.30. The molecule has 25 heavy (non-hydrogen) atoms. The van der Waals surface area contributed by atoms with Crippen LogP contribution in [0.3, 0.4) is 0 Å². The van der Waals surface area contributed by atoms with Gasteiger partial charge in [0.05, 0.1) is 16.8 Å². The second-order valence-corrected chi connectivity index (χ2v) is 4.89. The Kier molecular flexibility index (Phi) is 5.43. The zero-order valence-electron chi connectivity index (χ0n) is 12.9. The number of halogens is 3. The molecule has 0 aromatic heterocycles. The van der Waals surface area contributed by atoms with Crippen molar-refractivity contribution < 1.29 is 22.8 Å². The van der Waals surface area contributed by atoms with Gasteiger partial charge in [-0.3, -0.25) is 20.4 Å². The van der Waals surface area contributed by atoms with Gasteiger partial charge >= 0.3 is 6.18 Å². The van der Waals surface area contributed by atoms with Crippen molar-refractivity contribution in [2.45, 2.75) is 6.18 Å². The van der Waals surface area contributed by atoms with E-state index >= 15 is 0 Å². The molecule has 0 unspecified atom stereocenters. The number of hydrogen-bond acceptors (Lipinski definition) is 3. The summed E-state index contributed by atoms with van der Waals surface area (Å²) >= 11 is 0. The first-order valence-corrected chi connectivity index (χ1v) is 7.07. The molecular formula is C17H14F3N3O2. The molecule has 0 aliphatic rings. The monoisotopic (exact) mass is 349 g/mol. The van der Waals surface area contributed by atoms with Gasteiger partial charge < -0.3 is 5.32 Å². The van der Waals surface area contributed by atoms with Crippen molar-refractivity contribution in [1.82, 2.24) is 10.9 Å². The quantitative estimate of drug-likeness (QED) is 0.585. The second kappa shape index (κ2) is 7.52. The van der Waals surface area contributed by atoms with Crippen LogP contribution >= 0.6 is 0 Å². The van der Waals surface area contributed by atoms with Crippen LogP contribution in [0.5, 0.6) is 0 Å². The summed E-state index contributed by atoms with van der Waals surface area (Å²) in [6, 6.07) is 10.8. The highest BCUT2D eigenvalue weighted by atomic mass is 19.4. The first kappa shape index (κ1) is 18.1. The van der Waals surface area contributed by atoms with E-state index in [1.54, 1.807) is 18.2 Å². The van der Waals surface area contributed by atoms with Gasteiger partial charge in [0.25, 0.3) is 11.8 Å². The molecule has 2 aromatic carbocycles. The van der Waals surface area contributed by atoms with Crippen LogP contribution in [0.2, 0.25) is 0 Å². The topological polar surface area (TPSA) is 70.2 Å². The lowest BCUT2D eigenvalue weighted by molar-refractivity contribution is -0.137. The lowest BCUT2D eigenvalue weighted by atomic mass is 10.1. The van der Waals surface area contributed by atoms with Crippen LogP contribution in [0.25, 0.3) is 0 Å². The molecule has 5 nitrogen and oxygen atoms in total. The molecule has 2 rings (SSSR count). The molecule has 2 amide bonds. The molecule has 0 fully saturated rings. The Labute approximate surface area is 141 Å². The smallest absolute Gasteiger partial charge is 0.355 e. The van der Waals surface area contributed by atoms with Gasteiger partial charge in [-0.25, -0.2) is 0 Å². The van der Waals surface area contributed by atoms with E-state index in [-0.39, 0.29) is 5.56 Å². The Morgan fingerprint density at radius 2 is 1.60 bits per heavy atom. The summed E-state index contributed by atoms with van der Waals surface area (Å²) in [5.74, 6) is -1.17. The fourth-order valence-electron chi connectivity index (χ4n) is 1.92. The number of hydrogen-bond donors (Lipinski definition) is 3. The Balaban J connectivity index is 2.16. The van der Waals surface area contributed by atoms with E-state index in [4.69, 9.17) is 0 Å². The molecule has 0 bridgehead atoms. The maximum absolute atomic E-state index is 12.6. The molecule has 0 spiro atoms. The Hall–Kier alpha value is -3.29. The third-order valence-corrected chi connectivity index (χ3v) is 3.15. The minimum Gasteiger partial charge on any atom is -0.355 e. The predicted octanol–water partition coefficient (Wildman–Crippen LogP) is 3.40. The van der Waals surface area contributed by atoms with Crippen molar-refractivity contribution in [3.63, 3.8) is 0 Å². The zero-order chi connectivity index (χ0) is 18.4. The minimum atomic E-state index is -4.42. The van der Waals surface area contributed by atoms with Crippen molar-refractivity contribution in [2.24, 2.45) is 0 Å². The van der Waals surface area contributed by atoms with E-state index < -0.39 is 23.6 Å². The average molecular weight is 349 g/mol. The zero-order valence-corrected chi connectivity index (χ0v) is 12.9. The van der Waals surface area contributed by atoms with Crippen LogP contribution < -0.4 is 16.2 Å². The molecule has 0 radical (unpaired) electrons. The molecule has 0 heterocycles. The molecule has 0 saturated heterocycles. The average Bonchev–Trinajstić information content (AvgIpc) is 2.59. The van der Waals surface area contributed by atoms with Gasteiger partial charge in [-0.2, -0.15) is 13.2 Å². The number of benzene rings is 2. The number of carbonyl (C=O) groups excluding carboxylic acids is 2. The van der Waals surface area contributed by atoms with E-state index in [9.17, 15) is 22.8 Å². The van der Waals surface area contributed by atoms with Gasteiger partial charge in [0, 0.05) is 5.69 Å². The lowest BCUT2D eigenvalue weighted by Crippen LogP contribution is -2.40. The minimum absolute atomic E-state index is 0.201. The summed E-state index contributed by atoms with van der Waals surface area (Å²) in [7, 11) is 0. The van der Waals surface area contributed by atoms with E-state index in [2.05, 4.69) is 22.7 Å². The van der Waals surface area contributed by atoms with E-state index in [1.807, 2.05) is 0 Å². The molecule has 8 heteroatoms. The molecule has 3 N–H and O–H groups in total. The standard InChI is InChI=1S/C17H14F3N3O2/c1-2-15(24)22-23-16(25)13-5-3-4-6-14(13)21-12-9-7-11(8-10-12)17(18,19)20/h2-10,21H,1H2,(H,22,24)(H,23,25). The SMILES string of the molecule is C=CC(=O)NNC(=O)c1ccccc1Nc1ccc(C(F)(F)F)cc1. The molecule has 130 valence electrons.